The molecule has 3 nitrogen and oxygen atoms in total. The maximum absolute atomic E-state index is 10.4. The van der Waals surface area contributed by atoms with Gasteiger partial charge in [0.1, 0.15) is 5.52 Å². The van der Waals surface area contributed by atoms with E-state index in [4.69, 9.17) is 10.8 Å². The summed E-state index contributed by atoms with van der Waals surface area (Å²) >= 11 is 0. The molecular formula is C10H5NO2. The van der Waals surface area contributed by atoms with Gasteiger partial charge in [-0.1, -0.05) is 5.92 Å². The summed E-state index contributed by atoms with van der Waals surface area (Å²) < 4.78 is 5.13. The zero-order chi connectivity index (χ0) is 9.26. The molecule has 0 spiro atoms. The van der Waals surface area contributed by atoms with Crippen LogP contribution in [-0.2, 0) is 0 Å². The molecule has 62 valence electrons. The van der Waals surface area contributed by atoms with E-state index in [1.807, 2.05) is 0 Å². The summed E-state index contributed by atoms with van der Waals surface area (Å²) in [6.45, 7) is 0. The zero-order valence-electron chi connectivity index (χ0n) is 6.65. The number of fused-ring (bicyclic) bond motifs is 1. The van der Waals surface area contributed by atoms with E-state index in [0.717, 1.165) is 0 Å². The average molecular weight is 171 g/mol. The zero-order valence-corrected chi connectivity index (χ0v) is 6.65. The van der Waals surface area contributed by atoms with Crippen LogP contribution < -0.4 is 0 Å². The highest BCUT2D eigenvalue weighted by atomic mass is 16.3. The number of carbonyl (C=O) groups excluding carboxylic acids is 1. The topological polar surface area (TPSA) is 43.1 Å². The maximum Gasteiger partial charge on any atom is 0.185 e. The molecule has 0 amide bonds. The minimum atomic E-state index is 0.261. The van der Waals surface area contributed by atoms with Gasteiger partial charge in [0.2, 0.25) is 0 Å². The van der Waals surface area contributed by atoms with Crippen LogP contribution in [0.2, 0.25) is 0 Å². The van der Waals surface area contributed by atoms with Crippen LogP contribution in [0.15, 0.2) is 22.7 Å². The van der Waals surface area contributed by atoms with Crippen LogP contribution >= 0.6 is 0 Å². The van der Waals surface area contributed by atoms with Crippen LogP contribution in [0.25, 0.3) is 11.1 Å². The lowest BCUT2D eigenvalue weighted by molar-refractivity contribution is 0.110. The molecule has 2 aromatic rings. The number of nitrogens with zero attached hydrogens (tertiary/aromatic N) is 1. The highest BCUT2D eigenvalue weighted by molar-refractivity contribution is 5.82. The number of pyridine rings is 1. The first-order valence-electron chi connectivity index (χ1n) is 3.65. The van der Waals surface area contributed by atoms with Gasteiger partial charge in [-0.05, 0) is 0 Å². The van der Waals surface area contributed by atoms with Crippen molar-refractivity contribution in [1.82, 2.24) is 4.98 Å². The van der Waals surface area contributed by atoms with Gasteiger partial charge in [-0.3, -0.25) is 9.78 Å². The van der Waals surface area contributed by atoms with Gasteiger partial charge in [-0.25, -0.2) is 0 Å². The van der Waals surface area contributed by atoms with Crippen LogP contribution in [0.1, 0.15) is 16.1 Å². The Kier molecular flexibility index (Phi) is 1.60. The predicted molar refractivity (Wildman–Crippen MR) is 47.3 cm³/mol. The fourth-order valence-electron chi connectivity index (χ4n) is 1.07. The van der Waals surface area contributed by atoms with Gasteiger partial charge < -0.3 is 4.42 Å². The second-order valence-corrected chi connectivity index (χ2v) is 2.52. The van der Waals surface area contributed by atoms with E-state index in [0.29, 0.717) is 22.9 Å². The quantitative estimate of drug-likeness (QED) is 0.483. The number of hydrogen-bond acceptors (Lipinski definition) is 3. The SMILES string of the molecule is C#Cc1cnc2cc(C=O)oc2c1. The molecule has 13 heavy (non-hydrogen) atoms. The Morgan fingerprint density at radius 1 is 1.54 bits per heavy atom. The molecule has 0 aromatic carbocycles. The molecule has 0 saturated carbocycles. The third kappa shape index (κ3) is 1.18. The Morgan fingerprint density at radius 2 is 2.38 bits per heavy atom. The molecule has 0 N–H and O–H groups in total. The third-order valence-electron chi connectivity index (χ3n) is 1.67. The first kappa shape index (κ1) is 7.56. The Morgan fingerprint density at radius 3 is 3.08 bits per heavy atom. The number of aldehydes is 1. The summed E-state index contributed by atoms with van der Waals surface area (Å²) in [5.74, 6) is 2.70. The van der Waals surface area contributed by atoms with E-state index in [2.05, 4.69) is 10.9 Å². The molecule has 0 radical (unpaired) electrons. The first-order valence-corrected chi connectivity index (χ1v) is 3.65. The van der Waals surface area contributed by atoms with Crippen LogP contribution in [0.4, 0.5) is 0 Å². The highest BCUT2D eigenvalue weighted by Gasteiger charge is 2.03. The lowest BCUT2D eigenvalue weighted by Crippen LogP contribution is -1.76. The number of hydrogen-bond donors (Lipinski definition) is 0. The smallest absolute Gasteiger partial charge is 0.185 e. The van der Waals surface area contributed by atoms with Crippen molar-refractivity contribution in [2.45, 2.75) is 0 Å². The number of rotatable bonds is 1. The number of terminal acetylenes is 1. The number of furan rings is 1. The van der Waals surface area contributed by atoms with E-state index in [1.165, 1.54) is 0 Å². The van der Waals surface area contributed by atoms with E-state index < -0.39 is 0 Å². The molecule has 0 saturated heterocycles. The molecule has 2 aromatic heterocycles. The standard InChI is InChI=1S/C10H5NO2/c1-2-7-3-10-9(11-5-7)4-8(6-12)13-10/h1,3-6H. The van der Waals surface area contributed by atoms with Gasteiger partial charge in [0, 0.05) is 23.9 Å². The molecule has 0 fully saturated rings. The van der Waals surface area contributed by atoms with Gasteiger partial charge in [-0.15, -0.1) is 6.42 Å². The Labute approximate surface area is 74.4 Å². The lowest BCUT2D eigenvalue weighted by Gasteiger charge is -1.88. The monoisotopic (exact) mass is 171 g/mol. The first-order chi connectivity index (χ1) is 6.33. The molecule has 0 aliphatic rings. The molecule has 0 bridgehead atoms. The molecule has 2 rings (SSSR count). The van der Waals surface area contributed by atoms with E-state index >= 15 is 0 Å². The molecular weight excluding hydrogens is 166 g/mol. The van der Waals surface area contributed by atoms with Gasteiger partial charge in [0.15, 0.2) is 17.6 Å². The molecule has 0 aliphatic carbocycles. The largest absolute Gasteiger partial charge is 0.452 e. The van der Waals surface area contributed by atoms with Crippen molar-refractivity contribution in [1.29, 1.82) is 0 Å². The van der Waals surface area contributed by atoms with E-state index in [1.54, 1.807) is 18.3 Å². The predicted octanol–water partition coefficient (Wildman–Crippen LogP) is 1.62. The van der Waals surface area contributed by atoms with Crippen LogP contribution in [0.3, 0.4) is 0 Å². The summed E-state index contributed by atoms with van der Waals surface area (Å²) in [4.78, 5) is 14.4. The van der Waals surface area contributed by atoms with Crippen LogP contribution in [0.5, 0.6) is 0 Å². The van der Waals surface area contributed by atoms with Crippen LogP contribution in [-0.4, -0.2) is 11.3 Å². The van der Waals surface area contributed by atoms with Crippen LogP contribution in [0, 0.1) is 12.3 Å². The highest BCUT2D eigenvalue weighted by Crippen LogP contribution is 2.16. The fraction of sp³-hybridized carbons (Fsp3) is 0. The van der Waals surface area contributed by atoms with Crippen molar-refractivity contribution in [3.05, 3.63) is 29.7 Å². The molecule has 3 heteroatoms. The Balaban J connectivity index is 2.72. The summed E-state index contributed by atoms with van der Waals surface area (Å²) in [5, 5.41) is 0. The van der Waals surface area contributed by atoms with Crippen molar-refractivity contribution in [3.63, 3.8) is 0 Å². The van der Waals surface area contributed by atoms with Gasteiger partial charge in [0.25, 0.3) is 0 Å². The fourth-order valence-corrected chi connectivity index (χ4v) is 1.07. The summed E-state index contributed by atoms with van der Waals surface area (Å²) in [6.07, 6.45) is 7.38. The molecule has 2 heterocycles. The molecule has 0 atom stereocenters. The second-order valence-electron chi connectivity index (χ2n) is 2.52. The van der Waals surface area contributed by atoms with Crippen molar-refractivity contribution in [2.24, 2.45) is 0 Å². The third-order valence-corrected chi connectivity index (χ3v) is 1.67. The molecule has 0 unspecified atom stereocenters. The van der Waals surface area contributed by atoms with Crippen molar-refractivity contribution >= 4 is 17.4 Å². The van der Waals surface area contributed by atoms with Crippen molar-refractivity contribution in [3.8, 4) is 12.3 Å². The second kappa shape index (κ2) is 2.76. The van der Waals surface area contributed by atoms with Gasteiger partial charge in [-0.2, -0.15) is 0 Å². The summed E-state index contributed by atoms with van der Waals surface area (Å²) in [5.41, 5.74) is 1.82. The summed E-state index contributed by atoms with van der Waals surface area (Å²) in [6, 6.07) is 3.25. The Bertz CT molecular complexity index is 505. The lowest BCUT2D eigenvalue weighted by atomic mass is 10.3. The van der Waals surface area contributed by atoms with Crippen molar-refractivity contribution < 1.29 is 9.21 Å². The van der Waals surface area contributed by atoms with Gasteiger partial charge >= 0.3 is 0 Å². The molecule has 0 aliphatic heterocycles. The maximum atomic E-state index is 10.4. The van der Waals surface area contributed by atoms with Crippen molar-refractivity contribution in [2.75, 3.05) is 0 Å². The normalized spacial score (nSPS) is 9.77. The average Bonchev–Trinajstić information content (AvgIpc) is 2.58. The minimum Gasteiger partial charge on any atom is -0.452 e. The Hall–Kier alpha value is -2.08. The number of carbonyl (C=O) groups is 1. The van der Waals surface area contributed by atoms with Gasteiger partial charge in [0.05, 0.1) is 0 Å². The number of aromatic nitrogens is 1. The van der Waals surface area contributed by atoms with E-state index in [-0.39, 0.29) is 5.76 Å². The van der Waals surface area contributed by atoms with E-state index in [9.17, 15) is 4.79 Å². The minimum absolute atomic E-state index is 0.261. The summed E-state index contributed by atoms with van der Waals surface area (Å²) in [7, 11) is 0.